The number of primary amides is 1. The highest BCUT2D eigenvalue weighted by molar-refractivity contribution is 5.94. The summed E-state index contributed by atoms with van der Waals surface area (Å²) in [6, 6.07) is 11.0. The number of ether oxygens (including phenoxy) is 2. The lowest BCUT2D eigenvalue weighted by Crippen LogP contribution is -2.58. The van der Waals surface area contributed by atoms with Crippen LogP contribution in [0.25, 0.3) is 0 Å². The lowest BCUT2D eigenvalue weighted by Gasteiger charge is -2.44. The van der Waals surface area contributed by atoms with Crippen molar-refractivity contribution in [1.82, 2.24) is 15.5 Å². The van der Waals surface area contributed by atoms with Crippen LogP contribution in [0.4, 0.5) is 4.79 Å². The molecular formula is C35H48N4O8. The summed E-state index contributed by atoms with van der Waals surface area (Å²) in [5.41, 5.74) is 4.58. The number of nitrogens with zero attached hydrogens (tertiary/aromatic N) is 1. The summed E-state index contributed by atoms with van der Waals surface area (Å²) in [7, 11) is 0. The second-order valence-corrected chi connectivity index (χ2v) is 13.8. The van der Waals surface area contributed by atoms with Gasteiger partial charge in [-0.1, -0.05) is 48.5 Å². The predicted octanol–water partition coefficient (Wildman–Crippen LogP) is 4.04. The van der Waals surface area contributed by atoms with Gasteiger partial charge in [-0.3, -0.25) is 14.4 Å². The number of amides is 4. The van der Waals surface area contributed by atoms with E-state index in [9.17, 15) is 29.1 Å². The Hall–Kier alpha value is -4.61. The average molecular weight is 653 g/mol. The molecule has 12 heteroatoms. The zero-order chi connectivity index (χ0) is 34.9. The molecule has 0 aliphatic heterocycles. The van der Waals surface area contributed by atoms with E-state index in [4.69, 9.17) is 15.2 Å². The molecular weight excluding hydrogens is 604 g/mol. The largest absolute Gasteiger partial charge is 0.508 e. The number of hydrogen-bond acceptors (Lipinski definition) is 8. The van der Waals surface area contributed by atoms with Crippen molar-refractivity contribution in [2.45, 2.75) is 115 Å². The summed E-state index contributed by atoms with van der Waals surface area (Å²) in [5, 5.41) is 16.4. The molecule has 5 N–H and O–H groups in total. The highest BCUT2D eigenvalue weighted by Crippen LogP contribution is 2.37. The Bertz CT molecular complexity index is 1410. The van der Waals surface area contributed by atoms with E-state index in [1.807, 2.05) is 30.3 Å². The maximum Gasteiger partial charge on any atom is 0.408 e. The van der Waals surface area contributed by atoms with Gasteiger partial charge in [0.05, 0.1) is 0 Å². The minimum absolute atomic E-state index is 0.105. The fraction of sp³-hybridized carbons (Fsp3) is 0.514. The van der Waals surface area contributed by atoms with Crippen LogP contribution in [-0.4, -0.2) is 69.1 Å². The minimum atomic E-state index is -1.41. The van der Waals surface area contributed by atoms with Gasteiger partial charge in [-0.05, 0) is 78.9 Å². The lowest BCUT2D eigenvalue weighted by molar-refractivity contribution is -0.159. The zero-order valence-corrected chi connectivity index (χ0v) is 28.1. The number of alkyl carbamates (subject to hydrolysis) is 1. The molecule has 0 saturated heterocycles. The molecule has 1 aliphatic carbocycles. The smallest absolute Gasteiger partial charge is 0.408 e. The molecule has 4 amide bonds. The van der Waals surface area contributed by atoms with Crippen LogP contribution in [0.1, 0.15) is 90.8 Å². The van der Waals surface area contributed by atoms with E-state index in [1.54, 1.807) is 53.7 Å². The van der Waals surface area contributed by atoms with Gasteiger partial charge in [-0.2, -0.15) is 0 Å². The molecule has 1 fully saturated rings. The molecule has 1 saturated carbocycles. The summed E-state index contributed by atoms with van der Waals surface area (Å²) in [6.45, 7) is 10.2. The Balaban J connectivity index is 2.07. The molecule has 2 aromatic rings. The highest BCUT2D eigenvalue weighted by atomic mass is 16.6. The summed E-state index contributed by atoms with van der Waals surface area (Å²) in [6.07, 6.45) is 0.730. The van der Waals surface area contributed by atoms with Crippen LogP contribution in [0, 0.1) is 0 Å². The number of aromatic hydroxyl groups is 1. The SMILES string of the molecule is CC(C)(C)OC(=O)NC(CCC(N)=O)C(=O)N(C1CCC1)C(C(=O)NC(Cc1ccccc1)C(=O)OC(C)(C)C)c1ccccc1O. The monoisotopic (exact) mass is 652 g/mol. The fourth-order valence-corrected chi connectivity index (χ4v) is 5.16. The first kappa shape index (κ1) is 36.9. The summed E-state index contributed by atoms with van der Waals surface area (Å²) >= 11 is 0. The van der Waals surface area contributed by atoms with Gasteiger partial charge in [0.2, 0.25) is 17.7 Å². The third kappa shape index (κ3) is 11.3. The van der Waals surface area contributed by atoms with Crippen molar-refractivity contribution >= 4 is 29.8 Å². The molecule has 2 aromatic carbocycles. The Morgan fingerprint density at radius 2 is 1.47 bits per heavy atom. The predicted molar refractivity (Wildman–Crippen MR) is 175 cm³/mol. The van der Waals surface area contributed by atoms with Crippen molar-refractivity contribution in [2.24, 2.45) is 5.73 Å². The number of carbonyl (C=O) groups excluding carboxylic acids is 5. The second-order valence-electron chi connectivity index (χ2n) is 13.8. The molecule has 1 aliphatic rings. The Morgan fingerprint density at radius 1 is 0.872 bits per heavy atom. The van der Waals surface area contributed by atoms with Gasteiger partial charge in [0.15, 0.2) is 0 Å². The van der Waals surface area contributed by atoms with E-state index >= 15 is 0 Å². The maximum absolute atomic E-state index is 14.5. The van der Waals surface area contributed by atoms with Crippen LogP contribution in [0.2, 0.25) is 0 Å². The third-order valence-electron chi connectivity index (χ3n) is 7.44. The topological polar surface area (TPSA) is 177 Å². The van der Waals surface area contributed by atoms with Crippen LogP contribution >= 0.6 is 0 Å². The van der Waals surface area contributed by atoms with Crippen LogP contribution in [0.15, 0.2) is 54.6 Å². The number of hydrogen-bond donors (Lipinski definition) is 4. The third-order valence-corrected chi connectivity index (χ3v) is 7.44. The number of rotatable bonds is 13. The standard InChI is InChI=1S/C35H48N4O8/c1-34(2,3)46-32(44)26(21-22-13-8-7-9-14-22)37-30(42)29(24-17-10-11-18-27(24)40)39(23-15-12-16-23)31(43)25(19-20-28(36)41)38-33(45)47-35(4,5)6/h7-11,13-14,17-18,23,25-26,29,40H,12,15-16,19-21H2,1-6H3,(H2,36,41)(H,37,42)(H,38,45). The molecule has 0 spiro atoms. The van der Waals surface area contributed by atoms with Crippen LogP contribution in [-0.2, 0) is 35.1 Å². The number of nitrogens with two attached hydrogens (primary N) is 1. The van der Waals surface area contributed by atoms with E-state index in [1.165, 1.54) is 17.0 Å². The van der Waals surface area contributed by atoms with Crippen molar-refractivity contribution in [3.05, 3.63) is 65.7 Å². The number of phenolic OH excluding ortho intramolecular Hbond substituents is 1. The molecule has 12 nitrogen and oxygen atoms in total. The first-order chi connectivity index (χ1) is 21.9. The molecule has 3 rings (SSSR count). The second kappa shape index (κ2) is 15.8. The summed E-state index contributed by atoms with van der Waals surface area (Å²) < 4.78 is 11.0. The van der Waals surface area contributed by atoms with Crippen LogP contribution < -0.4 is 16.4 Å². The number of esters is 1. The van der Waals surface area contributed by atoms with Crippen molar-refractivity contribution in [3.63, 3.8) is 0 Å². The Morgan fingerprint density at radius 3 is 2.00 bits per heavy atom. The lowest BCUT2D eigenvalue weighted by atomic mass is 9.87. The summed E-state index contributed by atoms with van der Waals surface area (Å²) in [5.74, 6) is -2.99. The van der Waals surface area contributed by atoms with E-state index in [-0.39, 0.29) is 30.6 Å². The van der Waals surface area contributed by atoms with Gasteiger partial charge in [0.1, 0.15) is 35.1 Å². The highest BCUT2D eigenvalue weighted by Gasteiger charge is 2.44. The van der Waals surface area contributed by atoms with Gasteiger partial charge in [-0.15, -0.1) is 0 Å². The summed E-state index contributed by atoms with van der Waals surface area (Å²) in [4.78, 5) is 68.3. The van der Waals surface area contributed by atoms with E-state index in [0.29, 0.717) is 12.8 Å². The molecule has 47 heavy (non-hydrogen) atoms. The number of nitrogens with one attached hydrogen (secondary N) is 2. The number of carbonyl (C=O) groups is 5. The van der Waals surface area contributed by atoms with Crippen LogP contribution in [0.5, 0.6) is 5.75 Å². The van der Waals surface area contributed by atoms with Gasteiger partial charge in [0, 0.05) is 24.4 Å². The molecule has 3 atom stereocenters. The minimum Gasteiger partial charge on any atom is -0.508 e. The molecule has 256 valence electrons. The molecule has 0 bridgehead atoms. The molecule has 0 aromatic heterocycles. The van der Waals surface area contributed by atoms with Gasteiger partial charge in [-0.25, -0.2) is 9.59 Å². The number of benzene rings is 2. The Labute approximate surface area is 276 Å². The number of para-hydroxylation sites is 1. The van der Waals surface area contributed by atoms with E-state index in [2.05, 4.69) is 10.6 Å². The maximum atomic E-state index is 14.5. The fourth-order valence-electron chi connectivity index (χ4n) is 5.16. The average Bonchev–Trinajstić information content (AvgIpc) is 2.92. The van der Waals surface area contributed by atoms with Gasteiger partial charge >= 0.3 is 12.1 Å². The molecule has 0 radical (unpaired) electrons. The van der Waals surface area contributed by atoms with Crippen molar-refractivity contribution in [3.8, 4) is 5.75 Å². The first-order valence-corrected chi connectivity index (χ1v) is 15.9. The first-order valence-electron chi connectivity index (χ1n) is 15.9. The van der Waals surface area contributed by atoms with E-state index in [0.717, 1.165) is 12.0 Å². The zero-order valence-electron chi connectivity index (χ0n) is 28.1. The number of phenols is 1. The normalized spacial score (nSPS) is 15.3. The molecule has 0 heterocycles. The Kier molecular flexibility index (Phi) is 12.4. The van der Waals surface area contributed by atoms with Crippen LogP contribution in [0.3, 0.4) is 0 Å². The van der Waals surface area contributed by atoms with Crippen molar-refractivity contribution in [2.75, 3.05) is 0 Å². The van der Waals surface area contributed by atoms with Gasteiger partial charge in [0.25, 0.3) is 0 Å². The van der Waals surface area contributed by atoms with Crippen molar-refractivity contribution in [1.29, 1.82) is 0 Å². The quantitative estimate of drug-likeness (QED) is 0.234. The molecule has 3 unspecified atom stereocenters. The van der Waals surface area contributed by atoms with E-state index < -0.39 is 65.2 Å². The van der Waals surface area contributed by atoms with Crippen molar-refractivity contribution < 1.29 is 38.6 Å². The van der Waals surface area contributed by atoms with Gasteiger partial charge < -0.3 is 35.8 Å².